The molecule has 1 aliphatic rings. The number of hydrogen-bond donors (Lipinski definition) is 0. The second-order valence-electron chi connectivity index (χ2n) is 2.09. The maximum absolute atomic E-state index is 2.22. The molecule has 0 spiro atoms. The predicted octanol–water partition coefficient (Wildman–Crippen LogP) is 2.67. The van der Waals surface area contributed by atoms with Crippen LogP contribution in [0.15, 0.2) is 11.5 Å². The quantitative estimate of drug-likeness (QED) is 0.465. The Morgan fingerprint density at radius 2 is 2.14 bits per heavy atom. The van der Waals surface area contributed by atoms with Gasteiger partial charge in [0.1, 0.15) is 0 Å². The van der Waals surface area contributed by atoms with Crippen LogP contribution >= 0.6 is 21.6 Å². The molecular weight excluding hydrogens is 124 g/mol. The minimum absolute atomic E-state index is 0.394. The number of hydrogen-bond acceptors (Lipinski definition) is 2. The van der Waals surface area contributed by atoms with Crippen LogP contribution in [0.1, 0.15) is 13.8 Å². The van der Waals surface area contributed by atoms with Crippen molar-refractivity contribution in [1.29, 1.82) is 0 Å². The summed E-state index contributed by atoms with van der Waals surface area (Å²) in [5.74, 6) is 0. The van der Waals surface area contributed by atoms with Gasteiger partial charge in [0.05, 0.1) is 0 Å². The molecule has 1 heterocycles. The first kappa shape index (κ1) is 5.57. The average Bonchev–Trinajstić information content (AvgIpc) is 1.84. The summed E-state index contributed by atoms with van der Waals surface area (Å²) in [5.41, 5.74) is 0. The standard InChI is InChI=1S/C5H8S2/c1-5(2)3-4-6-7-5/h3-4H,1-2H3. The van der Waals surface area contributed by atoms with Crippen LogP contribution in [0.3, 0.4) is 0 Å². The Morgan fingerprint density at radius 3 is 2.29 bits per heavy atom. The van der Waals surface area contributed by atoms with Gasteiger partial charge in [0.25, 0.3) is 0 Å². The highest BCUT2D eigenvalue weighted by atomic mass is 33.1. The Hall–Kier alpha value is 0.440. The van der Waals surface area contributed by atoms with E-state index in [-0.39, 0.29) is 0 Å². The van der Waals surface area contributed by atoms with Gasteiger partial charge in [-0.1, -0.05) is 27.7 Å². The summed E-state index contributed by atoms with van der Waals surface area (Å²) in [6.07, 6.45) is 2.22. The molecule has 0 nitrogen and oxygen atoms in total. The highest BCUT2D eigenvalue weighted by Crippen LogP contribution is 2.43. The van der Waals surface area contributed by atoms with Crippen molar-refractivity contribution in [3.8, 4) is 0 Å². The van der Waals surface area contributed by atoms with Crippen molar-refractivity contribution in [1.82, 2.24) is 0 Å². The van der Waals surface area contributed by atoms with Gasteiger partial charge in [-0.05, 0) is 19.3 Å². The first-order chi connectivity index (χ1) is 3.21. The van der Waals surface area contributed by atoms with Crippen LogP contribution in [-0.2, 0) is 0 Å². The lowest BCUT2D eigenvalue weighted by molar-refractivity contribution is 0.912. The van der Waals surface area contributed by atoms with Crippen molar-refractivity contribution in [2.24, 2.45) is 0 Å². The van der Waals surface area contributed by atoms with Gasteiger partial charge < -0.3 is 0 Å². The van der Waals surface area contributed by atoms with Crippen LogP contribution in [-0.4, -0.2) is 4.75 Å². The second kappa shape index (κ2) is 1.75. The van der Waals surface area contributed by atoms with E-state index in [0.717, 1.165) is 0 Å². The molecule has 0 bridgehead atoms. The minimum Gasteiger partial charge on any atom is -0.0791 e. The highest BCUT2D eigenvalue weighted by Gasteiger charge is 2.17. The molecule has 1 aliphatic heterocycles. The Kier molecular flexibility index (Phi) is 1.39. The molecule has 0 atom stereocenters. The molecule has 0 aromatic heterocycles. The second-order valence-corrected chi connectivity index (χ2v) is 4.85. The average molecular weight is 132 g/mol. The van der Waals surface area contributed by atoms with Crippen molar-refractivity contribution in [3.63, 3.8) is 0 Å². The number of rotatable bonds is 0. The van der Waals surface area contributed by atoms with Gasteiger partial charge in [-0.2, -0.15) is 0 Å². The van der Waals surface area contributed by atoms with E-state index >= 15 is 0 Å². The van der Waals surface area contributed by atoms with E-state index in [1.807, 2.05) is 21.6 Å². The van der Waals surface area contributed by atoms with Gasteiger partial charge in [0, 0.05) is 4.75 Å². The molecule has 0 aromatic carbocycles. The molecule has 0 radical (unpaired) electrons. The van der Waals surface area contributed by atoms with Crippen LogP contribution in [0.4, 0.5) is 0 Å². The first-order valence-corrected chi connectivity index (χ1v) is 4.44. The molecule has 0 amide bonds. The Morgan fingerprint density at radius 1 is 1.43 bits per heavy atom. The third-order valence-corrected chi connectivity index (χ3v) is 3.61. The summed E-state index contributed by atoms with van der Waals surface area (Å²) in [6, 6.07) is 0. The highest BCUT2D eigenvalue weighted by molar-refractivity contribution is 8.78. The normalized spacial score (nSPS) is 26.0. The largest absolute Gasteiger partial charge is 0.0791 e. The van der Waals surface area contributed by atoms with E-state index in [1.54, 1.807) is 0 Å². The molecule has 0 saturated heterocycles. The molecule has 0 unspecified atom stereocenters. The summed E-state index contributed by atoms with van der Waals surface area (Å²) in [4.78, 5) is 0. The summed E-state index contributed by atoms with van der Waals surface area (Å²) in [7, 11) is 3.72. The maximum Gasteiger partial charge on any atom is 0.0397 e. The lowest BCUT2D eigenvalue weighted by Crippen LogP contribution is -2.03. The topological polar surface area (TPSA) is 0 Å². The molecule has 0 N–H and O–H groups in total. The van der Waals surface area contributed by atoms with Crippen LogP contribution < -0.4 is 0 Å². The van der Waals surface area contributed by atoms with E-state index in [0.29, 0.717) is 4.75 Å². The van der Waals surface area contributed by atoms with Crippen molar-refractivity contribution < 1.29 is 0 Å². The molecular formula is C5H8S2. The van der Waals surface area contributed by atoms with E-state index < -0.39 is 0 Å². The van der Waals surface area contributed by atoms with Crippen LogP contribution in [0, 0.1) is 0 Å². The zero-order valence-electron chi connectivity index (χ0n) is 4.47. The smallest absolute Gasteiger partial charge is 0.0397 e. The van der Waals surface area contributed by atoms with E-state index in [1.165, 1.54) is 0 Å². The Bertz CT molecular complexity index is 94.3. The molecule has 0 aromatic rings. The van der Waals surface area contributed by atoms with Crippen LogP contribution in [0.25, 0.3) is 0 Å². The van der Waals surface area contributed by atoms with Gasteiger partial charge in [0.2, 0.25) is 0 Å². The lowest BCUT2D eigenvalue weighted by Gasteiger charge is -2.09. The zero-order chi connectivity index (χ0) is 5.33. The van der Waals surface area contributed by atoms with E-state index in [2.05, 4.69) is 25.3 Å². The molecule has 40 valence electrons. The Balaban J connectivity index is 2.57. The monoisotopic (exact) mass is 132 g/mol. The lowest BCUT2D eigenvalue weighted by atomic mass is 10.2. The third-order valence-electron chi connectivity index (χ3n) is 0.788. The molecule has 0 aliphatic carbocycles. The fraction of sp³-hybridized carbons (Fsp3) is 0.600. The maximum atomic E-state index is 2.22. The van der Waals surface area contributed by atoms with Crippen LogP contribution in [0.5, 0.6) is 0 Å². The van der Waals surface area contributed by atoms with Crippen molar-refractivity contribution >= 4 is 21.6 Å². The van der Waals surface area contributed by atoms with Gasteiger partial charge >= 0.3 is 0 Å². The SMILES string of the molecule is CC1(C)C=CSS1. The first-order valence-electron chi connectivity index (χ1n) is 2.23. The van der Waals surface area contributed by atoms with E-state index in [9.17, 15) is 0 Å². The summed E-state index contributed by atoms with van der Waals surface area (Å²) in [6.45, 7) is 4.43. The fourth-order valence-corrected chi connectivity index (χ4v) is 2.52. The summed E-state index contributed by atoms with van der Waals surface area (Å²) >= 11 is 0. The zero-order valence-corrected chi connectivity index (χ0v) is 6.10. The Labute approximate surface area is 52.1 Å². The molecule has 0 saturated carbocycles. The summed E-state index contributed by atoms with van der Waals surface area (Å²) in [5, 5.41) is 2.14. The molecule has 7 heavy (non-hydrogen) atoms. The molecule has 2 heteroatoms. The van der Waals surface area contributed by atoms with Gasteiger partial charge in [0.15, 0.2) is 0 Å². The van der Waals surface area contributed by atoms with E-state index in [4.69, 9.17) is 0 Å². The van der Waals surface area contributed by atoms with Crippen LogP contribution in [0.2, 0.25) is 0 Å². The van der Waals surface area contributed by atoms with Crippen molar-refractivity contribution in [2.75, 3.05) is 0 Å². The third kappa shape index (κ3) is 1.42. The van der Waals surface area contributed by atoms with Crippen molar-refractivity contribution in [3.05, 3.63) is 11.5 Å². The fourth-order valence-electron chi connectivity index (χ4n) is 0.371. The van der Waals surface area contributed by atoms with Gasteiger partial charge in [-0.15, -0.1) is 0 Å². The van der Waals surface area contributed by atoms with Crippen molar-refractivity contribution in [2.45, 2.75) is 18.6 Å². The molecule has 0 fully saturated rings. The van der Waals surface area contributed by atoms with Gasteiger partial charge in [-0.3, -0.25) is 0 Å². The van der Waals surface area contributed by atoms with Gasteiger partial charge in [-0.25, -0.2) is 0 Å². The molecule has 1 rings (SSSR count). The summed E-state index contributed by atoms with van der Waals surface area (Å²) < 4.78 is 0.394. The predicted molar refractivity (Wildman–Crippen MR) is 38.4 cm³/mol. The minimum atomic E-state index is 0.394.